The van der Waals surface area contributed by atoms with Crippen molar-refractivity contribution in [2.24, 2.45) is 0 Å². The average Bonchev–Trinajstić information content (AvgIpc) is 2.67. The Hall–Kier alpha value is -2.95. The van der Waals surface area contributed by atoms with Crippen LogP contribution in [0, 0.1) is 11.3 Å². The zero-order valence-corrected chi connectivity index (χ0v) is 16.4. The van der Waals surface area contributed by atoms with E-state index in [1.807, 2.05) is 42.5 Å². The van der Waals surface area contributed by atoms with Gasteiger partial charge < -0.3 is 10.1 Å². The van der Waals surface area contributed by atoms with Crippen LogP contribution in [0.25, 0.3) is 10.8 Å². The van der Waals surface area contributed by atoms with Crippen LogP contribution in [0.1, 0.15) is 5.56 Å². The minimum atomic E-state index is -0.385. The van der Waals surface area contributed by atoms with E-state index in [2.05, 4.69) is 26.6 Å². The number of ether oxygens (including phenoxy) is 1. The Morgan fingerprint density at radius 2 is 1.96 bits per heavy atom. The Morgan fingerprint density at radius 3 is 2.78 bits per heavy atom. The van der Waals surface area contributed by atoms with Crippen molar-refractivity contribution in [2.45, 2.75) is 0 Å². The molecule has 0 aliphatic carbocycles. The van der Waals surface area contributed by atoms with E-state index in [-0.39, 0.29) is 17.6 Å². The van der Waals surface area contributed by atoms with Crippen LogP contribution in [0.3, 0.4) is 0 Å². The van der Waals surface area contributed by atoms with Gasteiger partial charge in [-0.05, 0) is 63.2 Å². The van der Waals surface area contributed by atoms with Crippen LogP contribution in [0.15, 0.2) is 65.1 Å². The molecule has 1 amide bonds. The fraction of sp³-hybridized carbons (Fsp3) is 0.0500. The van der Waals surface area contributed by atoms with Crippen LogP contribution in [-0.4, -0.2) is 17.6 Å². The van der Waals surface area contributed by atoms with Crippen LogP contribution < -0.4 is 15.4 Å². The lowest BCUT2D eigenvalue weighted by Crippen LogP contribution is -2.37. The Kier molecular flexibility index (Phi) is 6.01. The second-order valence-electron chi connectivity index (χ2n) is 5.58. The Balaban J connectivity index is 1.57. The van der Waals surface area contributed by atoms with E-state index in [1.54, 1.807) is 24.3 Å². The molecular formula is C20H14BrN3O2S. The number of rotatable bonds is 4. The van der Waals surface area contributed by atoms with Crippen molar-refractivity contribution >= 4 is 55.6 Å². The van der Waals surface area contributed by atoms with Crippen LogP contribution >= 0.6 is 28.1 Å². The van der Waals surface area contributed by atoms with Gasteiger partial charge in [-0.1, -0.05) is 36.4 Å². The van der Waals surface area contributed by atoms with Crippen molar-refractivity contribution in [1.29, 1.82) is 5.26 Å². The summed E-state index contributed by atoms with van der Waals surface area (Å²) in [6.45, 7) is -0.184. The first kappa shape index (κ1) is 18.8. The van der Waals surface area contributed by atoms with Crippen molar-refractivity contribution in [3.05, 3.63) is 70.7 Å². The number of hydrogen-bond acceptors (Lipinski definition) is 4. The fourth-order valence-corrected chi connectivity index (χ4v) is 3.30. The third kappa shape index (κ3) is 4.82. The van der Waals surface area contributed by atoms with Gasteiger partial charge in [-0.15, -0.1) is 0 Å². The topological polar surface area (TPSA) is 74.2 Å². The zero-order valence-electron chi connectivity index (χ0n) is 14.0. The van der Waals surface area contributed by atoms with Gasteiger partial charge in [0.25, 0.3) is 5.91 Å². The van der Waals surface area contributed by atoms with E-state index in [9.17, 15) is 4.79 Å². The predicted octanol–water partition coefficient (Wildman–Crippen LogP) is 4.37. The number of carbonyl (C=O) groups is 1. The predicted molar refractivity (Wildman–Crippen MR) is 113 cm³/mol. The van der Waals surface area contributed by atoms with E-state index in [0.717, 1.165) is 15.2 Å². The largest absolute Gasteiger partial charge is 0.483 e. The first-order chi connectivity index (χ1) is 13.1. The molecule has 0 unspecified atom stereocenters. The number of amides is 1. The standard InChI is InChI=1S/C20H14BrN3O2S/c21-19-16-7-2-1-5-14(16)8-9-17(19)26-12-18(25)24-20(27)23-15-6-3-4-13(10-15)11-22/h1-10H,12H2,(H2,23,24,25,27). The summed E-state index contributed by atoms with van der Waals surface area (Å²) in [5.41, 5.74) is 1.12. The van der Waals surface area contributed by atoms with Crippen LogP contribution in [-0.2, 0) is 4.79 Å². The summed E-state index contributed by atoms with van der Waals surface area (Å²) in [5, 5.41) is 16.5. The van der Waals surface area contributed by atoms with E-state index < -0.39 is 0 Å². The maximum Gasteiger partial charge on any atom is 0.264 e. The van der Waals surface area contributed by atoms with Gasteiger partial charge in [0.1, 0.15) is 5.75 Å². The number of hydrogen-bond donors (Lipinski definition) is 2. The molecule has 0 saturated carbocycles. The molecule has 0 radical (unpaired) electrons. The summed E-state index contributed by atoms with van der Waals surface area (Å²) in [5.74, 6) is 0.188. The van der Waals surface area contributed by atoms with Crippen molar-refractivity contribution in [3.63, 3.8) is 0 Å². The molecule has 0 saturated heterocycles. The molecule has 0 atom stereocenters. The van der Waals surface area contributed by atoms with Crippen LogP contribution in [0.5, 0.6) is 5.75 Å². The average molecular weight is 440 g/mol. The number of halogens is 1. The van der Waals surface area contributed by atoms with Gasteiger partial charge in [0.2, 0.25) is 0 Å². The van der Waals surface area contributed by atoms with Gasteiger partial charge in [-0.25, -0.2) is 0 Å². The van der Waals surface area contributed by atoms with Crippen molar-refractivity contribution < 1.29 is 9.53 Å². The minimum Gasteiger partial charge on any atom is -0.483 e. The molecule has 3 aromatic carbocycles. The lowest BCUT2D eigenvalue weighted by molar-refractivity contribution is -0.121. The van der Waals surface area contributed by atoms with Gasteiger partial charge in [0.05, 0.1) is 16.1 Å². The summed E-state index contributed by atoms with van der Waals surface area (Å²) in [7, 11) is 0. The van der Waals surface area contributed by atoms with E-state index in [1.165, 1.54) is 0 Å². The maximum atomic E-state index is 12.1. The van der Waals surface area contributed by atoms with Crippen LogP contribution in [0.4, 0.5) is 5.69 Å². The first-order valence-electron chi connectivity index (χ1n) is 7.98. The molecule has 3 rings (SSSR count). The lowest BCUT2D eigenvalue weighted by Gasteiger charge is -2.12. The molecule has 0 heterocycles. The van der Waals surface area contributed by atoms with Crippen molar-refractivity contribution in [1.82, 2.24) is 5.32 Å². The molecular weight excluding hydrogens is 426 g/mol. The molecule has 2 N–H and O–H groups in total. The highest BCUT2D eigenvalue weighted by Gasteiger charge is 2.10. The second kappa shape index (κ2) is 8.62. The number of nitriles is 1. The molecule has 134 valence electrons. The number of benzene rings is 3. The fourth-order valence-electron chi connectivity index (χ4n) is 2.46. The molecule has 0 bridgehead atoms. The third-order valence-electron chi connectivity index (χ3n) is 3.69. The number of fused-ring (bicyclic) bond motifs is 1. The van der Waals surface area contributed by atoms with E-state index >= 15 is 0 Å². The number of nitrogens with zero attached hydrogens (tertiary/aromatic N) is 1. The summed E-state index contributed by atoms with van der Waals surface area (Å²) in [4.78, 5) is 12.1. The highest BCUT2D eigenvalue weighted by Crippen LogP contribution is 2.32. The molecule has 0 aliphatic heterocycles. The van der Waals surface area contributed by atoms with Gasteiger partial charge in [-0.2, -0.15) is 5.26 Å². The van der Waals surface area contributed by atoms with Gasteiger partial charge in [-0.3, -0.25) is 10.1 Å². The SMILES string of the molecule is N#Cc1cccc(NC(=S)NC(=O)COc2ccc3ccccc3c2Br)c1. The summed E-state index contributed by atoms with van der Waals surface area (Å²) in [6.07, 6.45) is 0. The molecule has 3 aromatic rings. The monoisotopic (exact) mass is 439 g/mol. The zero-order chi connectivity index (χ0) is 19.2. The smallest absolute Gasteiger partial charge is 0.264 e. The molecule has 0 spiro atoms. The van der Waals surface area contributed by atoms with Crippen molar-refractivity contribution in [3.8, 4) is 11.8 Å². The molecule has 7 heteroatoms. The second-order valence-corrected chi connectivity index (χ2v) is 6.78. The molecule has 0 aromatic heterocycles. The molecule has 0 aliphatic rings. The number of anilines is 1. The first-order valence-corrected chi connectivity index (χ1v) is 9.18. The normalized spacial score (nSPS) is 10.1. The molecule has 0 fully saturated rings. The Labute approximate surface area is 170 Å². The summed E-state index contributed by atoms with van der Waals surface area (Å²) >= 11 is 8.64. The number of carbonyl (C=O) groups excluding carboxylic acids is 1. The van der Waals surface area contributed by atoms with Gasteiger partial charge in [0.15, 0.2) is 11.7 Å². The van der Waals surface area contributed by atoms with E-state index in [4.69, 9.17) is 22.2 Å². The number of nitrogens with one attached hydrogen (secondary N) is 2. The van der Waals surface area contributed by atoms with E-state index in [0.29, 0.717) is 17.0 Å². The highest BCUT2D eigenvalue weighted by molar-refractivity contribution is 9.10. The van der Waals surface area contributed by atoms with Gasteiger partial charge in [0, 0.05) is 5.69 Å². The quantitative estimate of drug-likeness (QED) is 0.590. The minimum absolute atomic E-state index is 0.135. The summed E-state index contributed by atoms with van der Waals surface area (Å²) < 4.78 is 6.40. The van der Waals surface area contributed by atoms with Gasteiger partial charge >= 0.3 is 0 Å². The lowest BCUT2D eigenvalue weighted by atomic mass is 10.1. The summed E-state index contributed by atoms with van der Waals surface area (Å²) in [6, 6.07) is 20.5. The third-order valence-corrected chi connectivity index (χ3v) is 4.71. The number of thiocarbonyl (C=S) groups is 1. The molecule has 27 heavy (non-hydrogen) atoms. The molecule has 5 nitrogen and oxygen atoms in total. The van der Waals surface area contributed by atoms with Crippen LogP contribution in [0.2, 0.25) is 0 Å². The van der Waals surface area contributed by atoms with Crippen molar-refractivity contribution in [2.75, 3.05) is 11.9 Å². The maximum absolute atomic E-state index is 12.1. The Morgan fingerprint density at radius 1 is 1.15 bits per heavy atom. The Bertz CT molecular complexity index is 1060. The highest BCUT2D eigenvalue weighted by atomic mass is 79.9.